The van der Waals surface area contributed by atoms with E-state index in [0.717, 1.165) is 35.4 Å². The van der Waals surface area contributed by atoms with Crippen molar-refractivity contribution in [1.82, 2.24) is 5.01 Å². The second kappa shape index (κ2) is 12.3. The zero-order valence-corrected chi connectivity index (χ0v) is 22.5. The van der Waals surface area contributed by atoms with E-state index in [1.165, 1.54) is 42.7 Å². The maximum atomic E-state index is 12.0. The summed E-state index contributed by atoms with van der Waals surface area (Å²) in [5, 5.41) is 22.2. The number of anilines is 1. The Kier molecular flexibility index (Phi) is 8.89. The van der Waals surface area contributed by atoms with E-state index in [9.17, 15) is 9.90 Å². The van der Waals surface area contributed by atoms with Crippen molar-refractivity contribution in [1.29, 1.82) is 5.41 Å². The Morgan fingerprint density at radius 3 is 2.47 bits per heavy atom. The van der Waals surface area contributed by atoms with Crippen LogP contribution >= 0.6 is 0 Å². The van der Waals surface area contributed by atoms with Crippen molar-refractivity contribution in [2.45, 2.75) is 51.9 Å². The number of benzene rings is 2. The number of hydrogen-bond acceptors (Lipinski definition) is 6. The molecule has 3 atom stereocenters. The molecule has 2 aliphatic rings. The number of nitrogens with one attached hydrogen (secondary N) is 2. The van der Waals surface area contributed by atoms with Crippen LogP contribution in [0.2, 0.25) is 0 Å². The van der Waals surface area contributed by atoms with Crippen LogP contribution in [-0.2, 0) is 11.2 Å². The second-order valence-corrected chi connectivity index (χ2v) is 11.0. The fraction of sp³-hybridized carbons (Fsp3) is 0.419. The summed E-state index contributed by atoms with van der Waals surface area (Å²) in [7, 11) is 1.69. The van der Waals surface area contributed by atoms with E-state index >= 15 is 0 Å². The summed E-state index contributed by atoms with van der Waals surface area (Å²) < 4.78 is 0. The van der Waals surface area contributed by atoms with Crippen LogP contribution in [0.3, 0.4) is 0 Å². The lowest BCUT2D eigenvalue weighted by atomic mass is 9.78. The molecule has 0 heterocycles. The molecule has 0 bridgehead atoms. The lowest BCUT2D eigenvalue weighted by Crippen LogP contribution is -2.22. The summed E-state index contributed by atoms with van der Waals surface area (Å²) in [5.74, 6) is 5.92. The van der Waals surface area contributed by atoms with Gasteiger partial charge >= 0.3 is 5.97 Å². The molecule has 7 heteroatoms. The topological polar surface area (TPSA) is 128 Å². The van der Waals surface area contributed by atoms with Crippen LogP contribution in [0.1, 0.15) is 51.0 Å². The molecular weight excluding hydrogens is 474 g/mol. The predicted octanol–water partition coefficient (Wildman–Crippen LogP) is 5.75. The van der Waals surface area contributed by atoms with Gasteiger partial charge < -0.3 is 26.6 Å². The highest BCUT2D eigenvalue weighted by Gasteiger charge is 2.44. The van der Waals surface area contributed by atoms with Crippen LogP contribution in [0, 0.1) is 29.1 Å². The lowest BCUT2D eigenvalue weighted by molar-refractivity contribution is -0.132. The number of carbonyl (C=O) groups is 1. The van der Waals surface area contributed by atoms with Crippen molar-refractivity contribution in [2.24, 2.45) is 35.2 Å². The fourth-order valence-corrected chi connectivity index (χ4v) is 5.88. The van der Waals surface area contributed by atoms with E-state index in [0.29, 0.717) is 23.7 Å². The molecule has 0 saturated heterocycles. The first-order chi connectivity index (χ1) is 18.3. The van der Waals surface area contributed by atoms with Gasteiger partial charge in [0.1, 0.15) is 0 Å². The van der Waals surface area contributed by atoms with Gasteiger partial charge in [-0.05, 0) is 53.5 Å². The van der Waals surface area contributed by atoms with Gasteiger partial charge in [-0.1, -0.05) is 75.4 Å². The van der Waals surface area contributed by atoms with Crippen molar-refractivity contribution in [3.63, 3.8) is 0 Å². The maximum Gasteiger partial charge on any atom is 0.339 e. The molecule has 0 amide bonds. The van der Waals surface area contributed by atoms with Gasteiger partial charge in [0.15, 0.2) is 0 Å². The van der Waals surface area contributed by atoms with Crippen molar-refractivity contribution in [2.75, 3.05) is 12.4 Å². The quantitative estimate of drug-likeness (QED) is 0.112. The number of rotatable bonds is 11. The summed E-state index contributed by atoms with van der Waals surface area (Å²) >= 11 is 0. The van der Waals surface area contributed by atoms with Crippen LogP contribution in [0.4, 0.5) is 5.69 Å². The Morgan fingerprint density at radius 2 is 1.82 bits per heavy atom. The van der Waals surface area contributed by atoms with Gasteiger partial charge in [0.25, 0.3) is 0 Å². The van der Waals surface area contributed by atoms with Gasteiger partial charge in [-0.2, -0.15) is 0 Å². The van der Waals surface area contributed by atoms with Crippen LogP contribution in [0.25, 0.3) is 11.1 Å². The van der Waals surface area contributed by atoms with E-state index in [1.54, 1.807) is 13.2 Å². The van der Waals surface area contributed by atoms with E-state index in [2.05, 4.69) is 42.6 Å². The highest BCUT2D eigenvalue weighted by Crippen LogP contribution is 2.48. The number of hydrogen-bond donors (Lipinski definition) is 5. The molecule has 0 aliphatic heterocycles. The highest BCUT2D eigenvalue weighted by molar-refractivity contribution is 6.09. The second-order valence-electron chi connectivity index (χ2n) is 11.0. The fourth-order valence-electron chi connectivity index (χ4n) is 5.88. The molecule has 7 nitrogen and oxygen atoms in total. The average molecular weight is 516 g/mol. The molecule has 0 spiro atoms. The Balaban J connectivity index is 1.54. The van der Waals surface area contributed by atoms with Crippen molar-refractivity contribution < 1.29 is 9.90 Å². The monoisotopic (exact) mass is 515 g/mol. The number of hydrazine groups is 1. The number of aliphatic carboxylic acids is 1. The Morgan fingerprint density at radius 1 is 1.13 bits per heavy atom. The van der Waals surface area contributed by atoms with Gasteiger partial charge in [0.2, 0.25) is 0 Å². The molecular formula is C31H41N5O2. The number of carboxylic acids is 1. The third-order valence-electron chi connectivity index (χ3n) is 8.02. The molecule has 2 aromatic rings. The molecule has 38 heavy (non-hydrogen) atoms. The predicted molar refractivity (Wildman–Crippen MR) is 154 cm³/mol. The zero-order chi connectivity index (χ0) is 27.2. The van der Waals surface area contributed by atoms with Gasteiger partial charge in [0, 0.05) is 48.4 Å². The standard InChI is InChI=1S/C31H41N5O2/c1-20(22-9-4-3-5-10-22)14-21-8-6-11-23(15-21)24-12-7-13-25(16-24)35-30(28(18-32)31(37)38)27-17-26(27)29(33)19-36(2)34/h6-8,11-13,15-16,18-20,22,26-27,32,35H,3-5,9-10,14,17,33-34H2,1-2H3,(H,37,38)/b29-19-,30-28+,32-18?/t20?,26?,27-/m1/s1. The number of nitrogens with zero attached hydrogens (tertiary/aromatic N) is 1. The van der Waals surface area contributed by atoms with Crippen LogP contribution in [0.15, 0.2) is 71.7 Å². The zero-order valence-electron chi connectivity index (χ0n) is 22.5. The van der Waals surface area contributed by atoms with Crippen LogP contribution in [0.5, 0.6) is 0 Å². The van der Waals surface area contributed by atoms with E-state index in [4.69, 9.17) is 17.0 Å². The van der Waals surface area contributed by atoms with Gasteiger partial charge in [0.05, 0.1) is 5.57 Å². The van der Waals surface area contributed by atoms with Crippen LogP contribution < -0.4 is 16.9 Å². The Labute approximate surface area is 226 Å². The molecule has 7 N–H and O–H groups in total. The lowest BCUT2D eigenvalue weighted by Gasteiger charge is -2.27. The Bertz CT molecular complexity index is 1210. The molecule has 2 unspecified atom stereocenters. The largest absolute Gasteiger partial charge is 0.478 e. The van der Waals surface area contributed by atoms with Gasteiger partial charge in [-0.25, -0.2) is 10.6 Å². The minimum atomic E-state index is -1.14. The number of allylic oxidation sites excluding steroid dienone is 2. The first-order valence-corrected chi connectivity index (χ1v) is 13.7. The minimum Gasteiger partial charge on any atom is -0.478 e. The molecule has 2 aromatic carbocycles. The summed E-state index contributed by atoms with van der Waals surface area (Å²) in [6, 6.07) is 16.8. The molecule has 2 aliphatic carbocycles. The molecule has 4 rings (SSSR count). The third kappa shape index (κ3) is 6.84. The summed E-state index contributed by atoms with van der Waals surface area (Å²) in [6.07, 6.45) is 11.1. The molecule has 202 valence electrons. The molecule has 2 fully saturated rings. The van der Waals surface area contributed by atoms with Crippen LogP contribution in [-0.4, -0.2) is 29.3 Å². The summed E-state index contributed by atoms with van der Waals surface area (Å²) in [6.45, 7) is 2.39. The normalized spacial score (nSPS) is 21.3. The number of carboxylic acid groups (broad SMARTS) is 1. The van der Waals surface area contributed by atoms with Gasteiger partial charge in [-0.3, -0.25) is 0 Å². The first-order valence-electron chi connectivity index (χ1n) is 13.7. The van der Waals surface area contributed by atoms with E-state index in [-0.39, 0.29) is 17.4 Å². The van der Waals surface area contributed by atoms with Crippen molar-refractivity contribution in [3.8, 4) is 11.1 Å². The molecule has 0 radical (unpaired) electrons. The molecule has 0 aromatic heterocycles. The van der Waals surface area contributed by atoms with Crippen molar-refractivity contribution >= 4 is 17.9 Å². The average Bonchev–Trinajstić information content (AvgIpc) is 3.70. The van der Waals surface area contributed by atoms with E-state index in [1.807, 2.05) is 18.2 Å². The maximum absolute atomic E-state index is 12.0. The first kappa shape index (κ1) is 27.5. The summed E-state index contributed by atoms with van der Waals surface area (Å²) in [4.78, 5) is 12.0. The summed E-state index contributed by atoms with van der Waals surface area (Å²) in [5.41, 5.74) is 11.6. The van der Waals surface area contributed by atoms with E-state index < -0.39 is 5.97 Å². The smallest absolute Gasteiger partial charge is 0.339 e. The number of nitrogens with two attached hydrogens (primary N) is 2. The van der Waals surface area contributed by atoms with Crippen molar-refractivity contribution in [3.05, 3.63) is 77.3 Å². The SMILES string of the molecule is CC(Cc1cccc(-c2cccc(N/C(=C(\C=N)C(=O)O)[C@@H]3CC3/C(N)=C/N(C)N)c2)c1)C1CCCCC1. The van der Waals surface area contributed by atoms with Gasteiger partial charge in [-0.15, -0.1) is 0 Å². The molecule has 2 saturated carbocycles. The highest BCUT2D eigenvalue weighted by atomic mass is 16.4. The Hall–Kier alpha value is -3.58. The minimum absolute atomic E-state index is 0.0242. The third-order valence-corrected chi connectivity index (χ3v) is 8.02.